The number of fused-ring (bicyclic) bond motifs is 1. The van der Waals surface area contributed by atoms with Crippen LogP contribution in [0, 0.1) is 0 Å². The SMILES string of the molecule is O=C1NC2CSC(CCCCNCCCOCCC(=O)ON3C(=O)C=CC3=O)C2N1. The van der Waals surface area contributed by atoms with Crippen molar-refractivity contribution in [2.24, 2.45) is 0 Å². The molecule has 3 aliphatic rings. The van der Waals surface area contributed by atoms with Gasteiger partial charge in [-0.2, -0.15) is 11.8 Å². The number of hydroxylamine groups is 2. The number of urea groups is 1. The molecule has 0 aromatic rings. The van der Waals surface area contributed by atoms with Crippen LogP contribution in [0.15, 0.2) is 12.2 Å². The number of thioether (sulfide) groups is 1. The van der Waals surface area contributed by atoms with Crippen molar-refractivity contribution in [1.29, 1.82) is 0 Å². The number of hydrogen-bond donors (Lipinski definition) is 3. The number of imide groups is 1. The lowest BCUT2D eigenvalue weighted by Crippen LogP contribution is -2.36. The summed E-state index contributed by atoms with van der Waals surface area (Å²) in [6.45, 7) is 2.46. The molecule has 0 aromatic heterocycles. The zero-order valence-electron chi connectivity index (χ0n) is 16.8. The predicted molar refractivity (Wildman–Crippen MR) is 109 cm³/mol. The normalized spacial score (nSPS) is 24.9. The molecule has 166 valence electrons. The highest BCUT2D eigenvalue weighted by Crippen LogP contribution is 2.32. The number of amides is 4. The highest BCUT2D eigenvalue weighted by Gasteiger charge is 2.42. The largest absolute Gasteiger partial charge is 0.381 e. The van der Waals surface area contributed by atoms with E-state index in [1.807, 2.05) is 11.8 Å². The summed E-state index contributed by atoms with van der Waals surface area (Å²) in [6.07, 6.45) is 6.22. The van der Waals surface area contributed by atoms with E-state index in [9.17, 15) is 19.2 Å². The number of carbonyl (C=O) groups excluding carboxylic acids is 4. The molecule has 3 aliphatic heterocycles. The Labute approximate surface area is 179 Å². The molecular formula is C19H28N4O6S. The summed E-state index contributed by atoms with van der Waals surface area (Å²) in [5.41, 5.74) is 0. The van der Waals surface area contributed by atoms with Gasteiger partial charge in [0, 0.05) is 29.8 Å². The van der Waals surface area contributed by atoms with Crippen molar-refractivity contribution in [3.8, 4) is 0 Å². The number of nitrogens with zero attached hydrogens (tertiary/aromatic N) is 1. The van der Waals surface area contributed by atoms with Crippen LogP contribution in [0.5, 0.6) is 0 Å². The van der Waals surface area contributed by atoms with E-state index in [1.165, 1.54) is 0 Å². The minimum atomic E-state index is -0.682. The van der Waals surface area contributed by atoms with Gasteiger partial charge in [-0.1, -0.05) is 11.5 Å². The topological polar surface area (TPSA) is 126 Å². The number of carbonyl (C=O) groups is 4. The average molecular weight is 441 g/mol. The summed E-state index contributed by atoms with van der Waals surface area (Å²) >= 11 is 1.94. The molecule has 10 nitrogen and oxygen atoms in total. The molecule has 3 unspecified atom stereocenters. The monoisotopic (exact) mass is 440 g/mol. The molecule has 0 saturated carbocycles. The quantitative estimate of drug-likeness (QED) is 0.209. The fraction of sp³-hybridized carbons (Fsp3) is 0.684. The molecule has 4 amide bonds. The van der Waals surface area contributed by atoms with Crippen molar-refractivity contribution in [1.82, 2.24) is 21.0 Å². The third kappa shape index (κ3) is 6.44. The second kappa shape index (κ2) is 11.3. The summed E-state index contributed by atoms with van der Waals surface area (Å²) in [5, 5.41) is 10.3. The minimum Gasteiger partial charge on any atom is -0.381 e. The van der Waals surface area contributed by atoms with Gasteiger partial charge in [0.15, 0.2) is 0 Å². The maximum atomic E-state index is 11.6. The summed E-state index contributed by atoms with van der Waals surface area (Å²) in [4.78, 5) is 50.2. The van der Waals surface area contributed by atoms with Gasteiger partial charge in [0.25, 0.3) is 11.8 Å². The Hall–Kier alpha value is -2.11. The average Bonchev–Trinajstić information content (AvgIpc) is 3.36. The number of unbranched alkanes of at least 4 members (excludes halogenated alkanes) is 1. The zero-order valence-corrected chi connectivity index (χ0v) is 17.6. The zero-order chi connectivity index (χ0) is 21.3. The first kappa shape index (κ1) is 22.6. The molecule has 30 heavy (non-hydrogen) atoms. The van der Waals surface area contributed by atoms with Crippen molar-refractivity contribution in [3.63, 3.8) is 0 Å². The van der Waals surface area contributed by atoms with Crippen molar-refractivity contribution >= 4 is 35.6 Å². The molecule has 2 saturated heterocycles. The first-order chi connectivity index (χ1) is 14.5. The molecule has 3 rings (SSSR count). The van der Waals surface area contributed by atoms with Crippen molar-refractivity contribution in [3.05, 3.63) is 12.2 Å². The molecule has 3 heterocycles. The van der Waals surface area contributed by atoms with E-state index in [1.54, 1.807) is 0 Å². The third-order valence-corrected chi connectivity index (χ3v) is 6.59. The van der Waals surface area contributed by atoms with Crippen molar-refractivity contribution < 1.29 is 28.8 Å². The Morgan fingerprint density at radius 2 is 1.87 bits per heavy atom. The van der Waals surface area contributed by atoms with E-state index < -0.39 is 17.8 Å². The maximum absolute atomic E-state index is 11.6. The van der Waals surface area contributed by atoms with Crippen molar-refractivity contribution in [2.45, 2.75) is 49.4 Å². The lowest BCUT2D eigenvalue weighted by molar-refractivity contribution is -0.196. The Morgan fingerprint density at radius 3 is 2.67 bits per heavy atom. The molecule has 0 radical (unpaired) electrons. The molecule has 3 atom stereocenters. The van der Waals surface area contributed by atoms with E-state index >= 15 is 0 Å². The summed E-state index contributed by atoms with van der Waals surface area (Å²) in [7, 11) is 0. The molecule has 0 spiro atoms. The smallest absolute Gasteiger partial charge is 0.335 e. The van der Waals surface area contributed by atoms with Crippen LogP contribution in [0.1, 0.15) is 32.1 Å². The summed E-state index contributed by atoms with van der Waals surface area (Å²) in [6, 6.07) is 0.526. The van der Waals surface area contributed by atoms with Gasteiger partial charge in [-0.3, -0.25) is 9.59 Å². The van der Waals surface area contributed by atoms with Crippen LogP contribution in [0.3, 0.4) is 0 Å². The van der Waals surface area contributed by atoms with E-state index in [0.29, 0.717) is 16.9 Å². The van der Waals surface area contributed by atoms with E-state index in [-0.39, 0.29) is 31.1 Å². The lowest BCUT2D eigenvalue weighted by atomic mass is 10.0. The standard InChI is InChI=1S/C19H28N4O6S/c24-15-5-6-16(25)23(15)29-17(26)7-11-28-10-3-9-20-8-2-1-4-14-18-13(12-30-14)21-19(27)22-18/h5-6,13-14,18,20H,1-4,7-12H2,(H2,21,22,27). The fourth-order valence-corrected chi connectivity index (χ4v) is 5.09. The molecular weight excluding hydrogens is 412 g/mol. The highest BCUT2D eigenvalue weighted by atomic mass is 32.2. The van der Waals surface area contributed by atoms with Crippen LogP contribution < -0.4 is 16.0 Å². The molecule has 0 bridgehead atoms. The fourth-order valence-electron chi connectivity index (χ4n) is 3.54. The second-order valence-corrected chi connectivity index (χ2v) is 8.62. The molecule has 0 aromatic carbocycles. The van der Waals surface area contributed by atoms with Gasteiger partial charge in [0.2, 0.25) is 0 Å². The van der Waals surface area contributed by atoms with E-state index in [2.05, 4.69) is 16.0 Å². The number of hydrogen-bond acceptors (Lipinski definition) is 8. The minimum absolute atomic E-state index is 0.0263. The van der Waals surface area contributed by atoms with Crippen LogP contribution in [0.25, 0.3) is 0 Å². The molecule has 2 fully saturated rings. The Morgan fingerprint density at radius 1 is 1.10 bits per heavy atom. The molecule has 3 N–H and O–H groups in total. The van der Waals surface area contributed by atoms with Gasteiger partial charge in [-0.25, -0.2) is 9.59 Å². The third-order valence-electron chi connectivity index (χ3n) is 5.09. The Bertz CT molecular complexity index is 670. The molecule has 11 heteroatoms. The van der Waals surface area contributed by atoms with Gasteiger partial charge >= 0.3 is 12.0 Å². The van der Waals surface area contributed by atoms with Crippen LogP contribution in [-0.2, 0) is 24.0 Å². The number of rotatable bonds is 13. The second-order valence-electron chi connectivity index (χ2n) is 7.35. The maximum Gasteiger partial charge on any atom is 0.335 e. The van der Waals surface area contributed by atoms with Gasteiger partial charge < -0.3 is 25.5 Å². The van der Waals surface area contributed by atoms with Gasteiger partial charge in [-0.05, 0) is 32.4 Å². The summed E-state index contributed by atoms with van der Waals surface area (Å²) < 4.78 is 5.38. The first-order valence-corrected chi connectivity index (χ1v) is 11.3. The van der Waals surface area contributed by atoms with Crippen LogP contribution in [0.4, 0.5) is 4.79 Å². The number of ether oxygens (including phenoxy) is 1. The van der Waals surface area contributed by atoms with Gasteiger partial charge in [0.1, 0.15) is 0 Å². The van der Waals surface area contributed by atoms with Gasteiger partial charge in [-0.15, -0.1) is 0 Å². The lowest BCUT2D eigenvalue weighted by Gasteiger charge is -2.16. The highest BCUT2D eigenvalue weighted by molar-refractivity contribution is 8.00. The first-order valence-electron chi connectivity index (χ1n) is 10.3. The van der Waals surface area contributed by atoms with Crippen LogP contribution in [0.2, 0.25) is 0 Å². The Balaban J connectivity index is 1.10. The summed E-state index contributed by atoms with van der Waals surface area (Å²) in [5.74, 6) is -1.00. The number of nitrogens with one attached hydrogen (secondary N) is 3. The van der Waals surface area contributed by atoms with Crippen molar-refractivity contribution in [2.75, 3.05) is 32.1 Å². The van der Waals surface area contributed by atoms with E-state index in [0.717, 1.165) is 56.7 Å². The van der Waals surface area contributed by atoms with E-state index in [4.69, 9.17) is 9.57 Å². The Kier molecular flexibility index (Phi) is 8.52. The van der Waals surface area contributed by atoms with Crippen LogP contribution in [-0.4, -0.2) is 78.3 Å². The van der Waals surface area contributed by atoms with Gasteiger partial charge in [0.05, 0.1) is 25.1 Å². The van der Waals surface area contributed by atoms with Crippen LogP contribution >= 0.6 is 11.8 Å². The molecule has 0 aliphatic carbocycles. The predicted octanol–water partition coefficient (Wildman–Crippen LogP) is 0.0917.